The predicted molar refractivity (Wildman–Crippen MR) is 123 cm³/mol. The first-order valence-electron chi connectivity index (χ1n) is 9.87. The topological polar surface area (TPSA) is 67.9 Å². The molecule has 168 valence electrons. The number of thiophene rings is 1. The van der Waals surface area contributed by atoms with Gasteiger partial charge < -0.3 is 19.7 Å². The first kappa shape index (κ1) is 23.3. The third-order valence-electron chi connectivity index (χ3n) is 5.03. The van der Waals surface area contributed by atoms with Crippen LogP contribution in [0.4, 0.5) is 9.39 Å². The fourth-order valence-electron chi connectivity index (χ4n) is 3.26. The zero-order valence-corrected chi connectivity index (χ0v) is 19.4. The number of carbonyl (C=O) groups excluding carboxylic acids is 2. The second-order valence-corrected chi connectivity index (χ2v) is 8.43. The van der Waals surface area contributed by atoms with Crippen molar-refractivity contribution in [2.45, 2.75) is 20.4 Å². The smallest absolute Gasteiger partial charge is 0.264 e. The summed E-state index contributed by atoms with van der Waals surface area (Å²) in [7, 11) is 4.87. The number of hydrogen-bond acceptors (Lipinski definition) is 5. The summed E-state index contributed by atoms with van der Waals surface area (Å²) >= 11 is 1.19. The minimum absolute atomic E-state index is 0.159. The highest BCUT2D eigenvalue weighted by Crippen LogP contribution is 2.32. The number of methoxy groups -OCH3 is 2. The lowest BCUT2D eigenvalue weighted by Crippen LogP contribution is -2.26. The molecule has 0 radical (unpaired) electrons. The highest BCUT2D eigenvalue weighted by atomic mass is 32.1. The third-order valence-corrected chi connectivity index (χ3v) is 6.17. The van der Waals surface area contributed by atoms with Gasteiger partial charge in [-0.1, -0.05) is 6.07 Å². The van der Waals surface area contributed by atoms with Crippen LogP contribution in [0.15, 0.2) is 42.5 Å². The molecule has 0 bridgehead atoms. The van der Waals surface area contributed by atoms with Gasteiger partial charge in [-0.15, -0.1) is 11.3 Å². The Morgan fingerprint density at radius 3 is 2.38 bits per heavy atom. The fraction of sp³-hybridized carbons (Fsp3) is 0.250. The summed E-state index contributed by atoms with van der Waals surface area (Å²) in [5.41, 5.74) is 2.89. The Kier molecular flexibility index (Phi) is 7.15. The number of anilines is 1. The van der Waals surface area contributed by atoms with E-state index in [0.29, 0.717) is 27.9 Å². The summed E-state index contributed by atoms with van der Waals surface area (Å²) in [6, 6.07) is 10.9. The third kappa shape index (κ3) is 5.08. The first-order valence-corrected chi connectivity index (χ1v) is 10.7. The Labute approximate surface area is 190 Å². The molecule has 0 saturated heterocycles. The molecule has 1 heterocycles. The average Bonchev–Trinajstić information content (AvgIpc) is 3.13. The van der Waals surface area contributed by atoms with Gasteiger partial charge in [-0.3, -0.25) is 9.59 Å². The maximum absolute atomic E-state index is 13.4. The van der Waals surface area contributed by atoms with Crippen LogP contribution in [0.1, 0.15) is 36.7 Å². The summed E-state index contributed by atoms with van der Waals surface area (Å²) in [5, 5.41) is 3.26. The molecular weight excluding hydrogens is 431 g/mol. The van der Waals surface area contributed by atoms with Gasteiger partial charge in [-0.25, -0.2) is 4.39 Å². The van der Waals surface area contributed by atoms with E-state index in [4.69, 9.17) is 9.47 Å². The normalized spacial score (nSPS) is 10.6. The van der Waals surface area contributed by atoms with Crippen LogP contribution in [0.25, 0.3) is 0 Å². The molecule has 8 heteroatoms. The molecule has 0 aliphatic rings. The van der Waals surface area contributed by atoms with Crippen molar-refractivity contribution in [1.29, 1.82) is 0 Å². The van der Waals surface area contributed by atoms with Gasteiger partial charge in [-0.05, 0) is 66.9 Å². The second kappa shape index (κ2) is 9.82. The number of amides is 2. The number of aryl methyl sites for hydroxylation is 2. The van der Waals surface area contributed by atoms with Crippen LogP contribution in [-0.4, -0.2) is 38.0 Å². The number of halogens is 1. The monoisotopic (exact) mass is 456 g/mol. The number of ether oxygens (including phenoxy) is 2. The van der Waals surface area contributed by atoms with Crippen LogP contribution >= 0.6 is 11.3 Å². The zero-order chi connectivity index (χ0) is 23.4. The Morgan fingerprint density at radius 1 is 1.03 bits per heavy atom. The number of benzene rings is 2. The van der Waals surface area contributed by atoms with Crippen LogP contribution in [-0.2, 0) is 6.54 Å². The summed E-state index contributed by atoms with van der Waals surface area (Å²) in [5.74, 6) is 0.161. The van der Waals surface area contributed by atoms with Crippen molar-refractivity contribution in [2.24, 2.45) is 0 Å². The van der Waals surface area contributed by atoms with Crippen LogP contribution in [0.2, 0.25) is 0 Å². The van der Waals surface area contributed by atoms with E-state index in [9.17, 15) is 14.0 Å². The van der Waals surface area contributed by atoms with E-state index in [-0.39, 0.29) is 11.5 Å². The van der Waals surface area contributed by atoms with Gasteiger partial charge >= 0.3 is 0 Å². The Morgan fingerprint density at radius 2 is 1.72 bits per heavy atom. The van der Waals surface area contributed by atoms with E-state index < -0.39 is 11.7 Å². The van der Waals surface area contributed by atoms with Crippen LogP contribution in [0, 0.1) is 19.7 Å². The molecule has 1 N–H and O–H groups in total. The Balaban J connectivity index is 1.75. The molecule has 3 rings (SSSR count). The molecule has 0 atom stereocenters. The Hall–Kier alpha value is -3.39. The van der Waals surface area contributed by atoms with Gasteiger partial charge in [0.2, 0.25) is 0 Å². The van der Waals surface area contributed by atoms with Gasteiger partial charge in [0.1, 0.15) is 5.82 Å². The molecule has 6 nitrogen and oxygen atoms in total. The number of nitrogens with one attached hydrogen (secondary N) is 1. The maximum Gasteiger partial charge on any atom is 0.264 e. The summed E-state index contributed by atoms with van der Waals surface area (Å²) in [6.45, 7) is 4.15. The van der Waals surface area contributed by atoms with Crippen molar-refractivity contribution in [3.63, 3.8) is 0 Å². The lowest BCUT2D eigenvalue weighted by atomic mass is 10.1. The average molecular weight is 457 g/mol. The molecule has 1 aromatic heterocycles. The van der Waals surface area contributed by atoms with Crippen molar-refractivity contribution >= 4 is 28.2 Å². The maximum atomic E-state index is 13.4. The fourth-order valence-corrected chi connectivity index (χ4v) is 4.33. The van der Waals surface area contributed by atoms with Crippen molar-refractivity contribution in [1.82, 2.24) is 4.90 Å². The van der Waals surface area contributed by atoms with Crippen LogP contribution < -0.4 is 14.8 Å². The molecule has 0 spiro atoms. The predicted octanol–water partition coefficient (Wildman–Crippen LogP) is 5.05. The van der Waals surface area contributed by atoms with Crippen LogP contribution in [0.5, 0.6) is 11.5 Å². The molecule has 32 heavy (non-hydrogen) atoms. The zero-order valence-electron chi connectivity index (χ0n) is 18.6. The lowest BCUT2D eigenvalue weighted by Gasteiger charge is -2.20. The van der Waals surface area contributed by atoms with Crippen molar-refractivity contribution in [3.05, 3.63) is 75.4 Å². The van der Waals surface area contributed by atoms with E-state index in [2.05, 4.69) is 5.32 Å². The quantitative estimate of drug-likeness (QED) is 0.541. The van der Waals surface area contributed by atoms with E-state index in [1.807, 2.05) is 26.0 Å². The van der Waals surface area contributed by atoms with E-state index in [1.165, 1.54) is 35.6 Å². The largest absolute Gasteiger partial charge is 0.493 e. The molecular formula is C24H25FN2O4S. The molecule has 3 aromatic rings. The lowest BCUT2D eigenvalue weighted by molar-refractivity contribution is 0.0788. The van der Waals surface area contributed by atoms with Crippen molar-refractivity contribution < 1.29 is 23.5 Å². The Bertz CT molecular complexity index is 1160. The summed E-state index contributed by atoms with van der Waals surface area (Å²) in [6.07, 6.45) is 0. The molecule has 2 aromatic carbocycles. The second-order valence-electron chi connectivity index (χ2n) is 7.38. The highest BCUT2D eigenvalue weighted by Gasteiger charge is 2.20. The molecule has 0 saturated carbocycles. The molecule has 2 amide bonds. The molecule has 0 aliphatic carbocycles. The standard InChI is InChI=1S/C24H25FN2O4S/c1-14-9-19(30-4)20(31-5)12-17(14)13-27(3)24(29)22-15(2)10-21(32-22)26-23(28)16-7-6-8-18(25)11-16/h6-12H,13H2,1-5H3,(H,26,28). The van der Waals surface area contributed by atoms with Gasteiger partial charge in [0.05, 0.1) is 24.1 Å². The molecule has 0 unspecified atom stereocenters. The highest BCUT2D eigenvalue weighted by molar-refractivity contribution is 7.18. The first-order chi connectivity index (χ1) is 15.2. The number of rotatable bonds is 7. The number of nitrogens with zero attached hydrogens (tertiary/aromatic N) is 1. The van der Waals surface area contributed by atoms with E-state index >= 15 is 0 Å². The SMILES string of the molecule is COc1cc(C)c(CN(C)C(=O)c2sc(NC(=O)c3cccc(F)c3)cc2C)cc1OC. The van der Waals surface area contributed by atoms with Gasteiger partial charge in [0.15, 0.2) is 11.5 Å². The minimum Gasteiger partial charge on any atom is -0.493 e. The molecule has 0 aliphatic heterocycles. The molecule has 0 fully saturated rings. The van der Waals surface area contributed by atoms with E-state index in [0.717, 1.165) is 16.7 Å². The minimum atomic E-state index is -0.483. The number of hydrogen-bond donors (Lipinski definition) is 1. The number of carbonyl (C=O) groups is 2. The summed E-state index contributed by atoms with van der Waals surface area (Å²) < 4.78 is 24.1. The van der Waals surface area contributed by atoms with Gasteiger partial charge in [-0.2, -0.15) is 0 Å². The van der Waals surface area contributed by atoms with Crippen molar-refractivity contribution in [3.8, 4) is 11.5 Å². The van der Waals surface area contributed by atoms with Crippen LogP contribution in [0.3, 0.4) is 0 Å². The van der Waals surface area contributed by atoms with E-state index in [1.54, 1.807) is 32.2 Å². The van der Waals surface area contributed by atoms with Crippen molar-refractivity contribution in [2.75, 3.05) is 26.6 Å². The summed E-state index contributed by atoms with van der Waals surface area (Å²) in [4.78, 5) is 27.6. The van der Waals surface area contributed by atoms with Gasteiger partial charge in [0.25, 0.3) is 11.8 Å². The van der Waals surface area contributed by atoms with Gasteiger partial charge in [0, 0.05) is 19.2 Å².